The number of nitriles is 1. The Labute approximate surface area is 91.7 Å². The summed E-state index contributed by atoms with van der Waals surface area (Å²) in [5, 5.41) is 13.0. The Bertz CT molecular complexity index is 378. The Morgan fingerprint density at radius 2 is 2.43 bits per heavy atom. The fourth-order valence-electron chi connectivity index (χ4n) is 1.34. The molecule has 0 saturated heterocycles. The van der Waals surface area contributed by atoms with Crippen molar-refractivity contribution in [2.24, 2.45) is 5.92 Å². The van der Waals surface area contributed by atoms with Crippen molar-refractivity contribution in [1.29, 1.82) is 5.26 Å². The molecule has 74 valence electrons. The summed E-state index contributed by atoms with van der Waals surface area (Å²) in [7, 11) is 0. The maximum absolute atomic E-state index is 8.70. The standard InChI is InChI=1S/C9H10ClN3S/c1-5(6-2-3-6)12-9-13-8(10)7(4-11)14-9/h5-6H,2-3H2,1H3,(H,12,13). The monoisotopic (exact) mass is 227 g/mol. The Balaban J connectivity index is 2.05. The van der Waals surface area contributed by atoms with Gasteiger partial charge in [-0.15, -0.1) is 0 Å². The Kier molecular flexibility index (Phi) is 2.62. The van der Waals surface area contributed by atoms with Gasteiger partial charge in [0, 0.05) is 6.04 Å². The molecule has 3 nitrogen and oxygen atoms in total. The summed E-state index contributed by atoms with van der Waals surface area (Å²) in [5.74, 6) is 0.767. The van der Waals surface area contributed by atoms with Crippen molar-refractivity contribution in [3.05, 3.63) is 10.0 Å². The van der Waals surface area contributed by atoms with E-state index in [0.717, 1.165) is 11.0 Å². The number of thiazole rings is 1. The second-order valence-corrected chi connectivity index (χ2v) is 4.88. The summed E-state index contributed by atoms with van der Waals surface area (Å²) in [6.45, 7) is 2.14. The van der Waals surface area contributed by atoms with Crippen LogP contribution < -0.4 is 5.32 Å². The first-order chi connectivity index (χ1) is 6.70. The third-order valence-electron chi connectivity index (χ3n) is 2.37. The number of halogens is 1. The first-order valence-electron chi connectivity index (χ1n) is 4.53. The SMILES string of the molecule is CC(Nc1nc(Cl)c(C#N)s1)C1CC1. The minimum atomic E-state index is 0.308. The highest BCUT2D eigenvalue weighted by molar-refractivity contribution is 7.16. The second-order valence-electron chi connectivity index (χ2n) is 3.52. The molecule has 0 amide bonds. The van der Waals surface area contributed by atoms with Crippen LogP contribution in [0.5, 0.6) is 0 Å². The van der Waals surface area contributed by atoms with Crippen LogP contribution in [-0.2, 0) is 0 Å². The molecular formula is C9H10ClN3S. The van der Waals surface area contributed by atoms with Gasteiger partial charge in [-0.3, -0.25) is 0 Å². The molecule has 0 bridgehead atoms. The summed E-state index contributed by atoms with van der Waals surface area (Å²) in [6, 6.07) is 2.45. The maximum Gasteiger partial charge on any atom is 0.185 e. The third-order valence-corrected chi connectivity index (χ3v) is 3.64. The summed E-state index contributed by atoms with van der Waals surface area (Å²) in [5.41, 5.74) is 0. The first kappa shape index (κ1) is 9.75. The van der Waals surface area contributed by atoms with Crippen molar-refractivity contribution in [3.63, 3.8) is 0 Å². The second kappa shape index (κ2) is 3.76. The molecule has 1 heterocycles. The van der Waals surface area contributed by atoms with E-state index in [0.29, 0.717) is 16.1 Å². The van der Waals surface area contributed by atoms with Crippen LogP contribution in [-0.4, -0.2) is 11.0 Å². The molecule has 1 unspecified atom stereocenters. The van der Waals surface area contributed by atoms with Crippen LogP contribution in [0.15, 0.2) is 0 Å². The minimum absolute atomic E-state index is 0.308. The van der Waals surface area contributed by atoms with E-state index in [1.165, 1.54) is 24.2 Å². The van der Waals surface area contributed by atoms with Gasteiger partial charge in [-0.05, 0) is 25.7 Å². The van der Waals surface area contributed by atoms with Gasteiger partial charge in [-0.2, -0.15) is 5.26 Å². The zero-order chi connectivity index (χ0) is 10.1. The Hall–Kier alpha value is -0.790. The zero-order valence-corrected chi connectivity index (χ0v) is 9.32. The molecular weight excluding hydrogens is 218 g/mol. The van der Waals surface area contributed by atoms with E-state index >= 15 is 0 Å². The van der Waals surface area contributed by atoms with Crippen molar-refractivity contribution < 1.29 is 0 Å². The number of nitrogens with zero attached hydrogens (tertiary/aromatic N) is 2. The highest BCUT2D eigenvalue weighted by Crippen LogP contribution is 2.35. The average Bonchev–Trinajstić information content (AvgIpc) is 2.92. The molecule has 1 aliphatic carbocycles. The van der Waals surface area contributed by atoms with Crippen LogP contribution in [0.4, 0.5) is 5.13 Å². The van der Waals surface area contributed by atoms with Crippen LogP contribution in [0.25, 0.3) is 0 Å². The van der Waals surface area contributed by atoms with Gasteiger partial charge in [0.2, 0.25) is 0 Å². The molecule has 1 fully saturated rings. The number of nitrogens with one attached hydrogen (secondary N) is 1. The molecule has 1 N–H and O–H groups in total. The number of aromatic nitrogens is 1. The topological polar surface area (TPSA) is 48.7 Å². The lowest BCUT2D eigenvalue weighted by molar-refractivity contribution is 0.693. The molecule has 0 spiro atoms. The molecule has 0 aliphatic heterocycles. The van der Waals surface area contributed by atoms with Gasteiger partial charge in [0.05, 0.1) is 0 Å². The summed E-state index contributed by atoms with van der Waals surface area (Å²) >= 11 is 7.08. The lowest BCUT2D eigenvalue weighted by atomic mass is 10.2. The van der Waals surface area contributed by atoms with Crippen molar-refractivity contribution >= 4 is 28.1 Å². The van der Waals surface area contributed by atoms with Crippen molar-refractivity contribution in [3.8, 4) is 6.07 Å². The molecule has 0 aromatic carbocycles. The highest BCUT2D eigenvalue weighted by Gasteiger charge is 2.28. The van der Waals surface area contributed by atoms with Crippen molar-refractivity contribution in [1.82, 2.24) is 4.98 Å². The van der Waals surface area contributed by atoms with Gasteiger partial charge < -0.3 is 5.32 Å². The zero-order valence-electron chi connectivity index (χ0n) is 7.75. The molecule has 1 saturated carbocycles. The van der Waals surface area contributed by atoms with E-state index in [-0.39, 0.29) is 0 Å². The predicted molar refractivity (Wildman–Crippen MR) is 57.6 cm³/mol. The van der Waals surface area contributed by atoms with Crippen LogP contribution in [0, 0.1) is 17.2 Å². The van der Waals surface area contributed by atoms with Gasteiger partial charge in [-0.25, -0.2) is 4.98 Å². The number of hydrogen-bond acceptors (Lipinski definition) is 4. The van der Waals surface area contributed by atoms with E-state index < -0.39 is 0 Å². The highest BCUT2D eigenvalue weighted by atomic mass is 35.5. The molecule has 0 radical (unpaired) electrons. The smallest absolute Gasteiger partial charge is 0.185 e. The summed E-state index contributed by atoms with van der Waals surface area (Å²) in [4.78, 5) is 4.57. The summed E-state index contributed by atoms with van der Waals surface area (Å²) in [6.07, 6.45) is 2.58. The van der Waals surface area contributed by atoms with Crippen LogP contribution >= 0.6 is 22.9 Å². The van der Waals surface area contributed by atoms with Crippen molar-refractivity contribution in [2.45, 2.75) is 25.8 Å². The van der Waals surface area contributed by atoms with E-state index in [2.05, 4.69) is 17.2 Å². The minimum Gasteiger partial charge on any atom is -0.359 e. The number of anilines is 1. The van der Waals surface area contributed by atoms with Gasteiger partial charge >= 0.3 is 0 Å². The van der Waals surface area contributed by atoms with Gasteiger partial charge in [0.25, 0.3) is 0 Å². The fraction of sp³-hybridized carbons (Fsp3) is 0.556. The van der Waals surface area contributed by atoms with E-state index in [4.69, 9.17) is 16.9 Å². The number of hydrogen-bond donors (Lipinski definition) is 1. The van der Waals surface area contributed by atoms with Crippen LogP contribution in [0.1, 0.15) is 24.6 Å². The van der Waals surface area contributed by atoms with Crippen LogP contribution in [0.3, 0.4) is 0 Å². The Morgan fingerprint density at radius 1 is 1.71 bits per heavy atom. The van der Waals surface area contributed by atoms with Crippen molar-refractivity contribution in [2.75, 3.05) is 5.32 Å². The normalized spacial score (nSPS) is 17.5. The lowest BCUT2D eigenvalue weighted by Crippen LogP contribution is -2.16. The third kappa shape index (κ3) is 1.99. The number of rotatable bonds is 3. The summed E-state index contributed by atoms with van der Waals surface area (Å²) < 4.78 is 0. The predicted octanol–water partition coefficient (Wildman–Crippen LogP) is 2.88. The first-order valence-corrected chi connectivity index (χ1v) is 5.73. The maximum atomic E-state index is 8.70. The molecule has 1 aromatic rings. The van der Waals surface area contributed by atoms with Gasteiger partial charge in [-0.1, -0.05) is 22.9 Å². The largest absolute Gasteiger partial charge is 0.359 e. The molecule has 2 rings (SSSR count). The van der Waals surface area contributed by atoms with Crippen LogP contribution in [0.2, 0.25) is 5.15 Å². The average molecular weight is 228 g/mol. The molecule has 1 aromatic heterocycles. The molecule has 1 aliphatic rings. The van der Waals surface area contributed by atoms with E-state index in [1.54, 1.807) is 0 Å². The molecule has 1 atom stereocenters. The van der Waals surface area contributed by atoms with Gasteiger partial charge in [0.1, 0.15) is 10.9 Å². The lowest BCUT2D eigenvalue weighted by Gasteiger charge is -2.10. The Morgan fingerprint density at radius 3 is 2.93 bits per heavy atom. The van der Waals surface area contributed by atoms with Gasteiger partial charge in [0.15, 0.2) is 10.3 Å². The quantitative estimate of drug-likeness (QED) is 0.864. The van der Waals surface area contributed by atoms with E-state index in [9.17, 15) is 0 Å². The van der Waals surface area contributed by atoms with E-state index in [1.807, 2.05) is 6.07 Å². The molecule has 14 heavy (non-hydrogen) atoms. The molecule has 5 heteroatoms. The fourth-order valence-corrected chi connectivity index (χ4v) is 2.38.